The number of aliphatic carboxylic acids is 1. The van der Waals surface area contributed by atoms with E-state index >= 15 is 0 Å². The van der Waals surface area contributed by atoms with Crippen LogP contribution in [0.25, 0.3) is 0 Å². The van der Waals surface area contributed by atoms with Crippen molar-refractivity contribution in [2.24, 2.45) is 0 Å². The standard InChI is InChI=1S/C14H21NO14S.2Na/c1-5(18)15-6(3-16)11(10(21)8(20)4-17)28-14-12(29-30(24,25)26)7(19)2-9(27-14)13(22)23;;/h2-3,6-8,10-12,14,17,19-21H,4H2,1H3,(H,15,18)(H,22,23)(H,24,25,26);;/q;2*+1/p-2. The summed E-state index contributed by atoms with van der Waals surface area (Å²) in [4.78, 5) is 33.7. The summed E-state index contributed by atoms with van der Waals surface area (Å²) in [5.74, 6) is -3.89. The van der Waals surface area contributed by atoms with Crippen molar-refractivity contribution in [3.63, 3.8) is 0 Å². The first-order valence-electron chi connectivity index (χ1n) is 8.07. The van der Waals surface area contributed by atoms with Crippen molar-refractivity contribution >= 4 is 28.6 Å². The van der Waals surface area contributed by atoms with Gasteiger partial charge in [-0.3, -0.25) is 8.98 Å². The first-order chi connectivity index (χ1) is 13.8. The molecule has 0 bridgehead atoms. The molecule has 32 heavy (non-hydrogen) atoms. The van der Waals surface area contributed by atoms with E-state index in [2.05, 4.69) is 4.18 Å². The summed E-state index contributed by atoms with van der Waals surface area (Å²) < 4.78 is 46.8. The molecule has 7 atom stereocenters. The Kier molecular flexibility index (Phi) is 15.9. The van der Waals surface area contributed by atoms with Gasteiger partial charge in [0.25, 0.3) is 0 Å². The van der Waals surface area contributed by atoms with E-state index in [0.717, 1.165) is 6.92 Å². The number of carboxylic acid groups (broad SMARTS) is 1. The van der Waals surface area contributed by atoms with Crippen LogP contribution in [-0.4, -0.2) is 101 Å². The Hall–Kier alpha value is -0.180. The fraction of sp³-hybridized carbons (Fsp3) is 0.643. The molecule has 0 saturated heterocycles. The molecule has 0 saturated carbocycles. The fourth-order valence-electron chi connectivity index (χ4n) is 2.39. The van der Waals surface area contributed by atoms with Crippen molar-refractivity contribution in [2.45, 2.75) is 49.8 Å². The molecule has 0 aromatic rings. The average molecular weight is 503 g/mol. The molecule has 0 fully saturated rings. The van der Waals surface area contributed by atoms with Crippen LogP contribution in [0.1, 0.15) is 6.92 Å². The molecule has 0 aromatic heterocycles. The molecule has 0 radical (unpaired) electrons. The minimum Gasteiger partial charge on any atom is -0.726 e. The van der Waals surface area contributed by atoms with Crippen LogP contribution in [0.5, 0.6) is 0 Å². The molecule has 5 N–H and O–H groups in total. The maximum Gasteiger partial charge on any atom is 1.00 e. The van der Waals surface area contributed by atoms with Gasteiger partial charge < -0.3 is 54.5 Å². The molecule has 1 aliphatic rings. The summed E-state index contributed by atoms with van der Waals surface area (Å²) >= 11 is 0. The number of carbonyl (C=O) groups is 3. The van der Waals surface area contributed by atoms with Crippen molar-refractivity contribution < 1.29 is 126 Å². The van der Waals surface area contributed by atoms with Crippen molar-refractivity contribution in [1.29, 1.82) is 0 Å². The van der Waals surface area contributed by atoms with Crippen LogP contribution >= 0.6 is 0 Å². The number of nitrogens with one attached hydrogen (secondary N) is 1. The molecule has 172 valence electrons. The van der Waals surface area contributed by atoms with Crippen LogP contribution in [0.4, 0.5) is 0 Å². The number of aliphatic hydroxyl groups is 4. The van der Waals surface area contributed by atoms with Gasteiger partial charge >= 0.3 is 59.1 Å². The normalized spacial score (nSPS) is 24.2. The van der Waals surface area contributed by atoms with Crippen LogP contribution in [0.2, 0.25) is 0 Å². The monoisotopic (exact) mass is 503 g/mol. The molecule has 1 rings (SSSR count). The largest absolute Gasteiger partial charge is 1.00 e. The second-order valence-electron chi connectivity index (χ2n) is 5.97. The van der Waals surface area contributed by atoms with Gasteiger partial charge in [0.05, 0.1) is 6.61 Å². The molecule has 1 aliphatic heterocycles. The van der Waals surface area contributed by atoms with Crippen molar-refractivity contribution in [1.82, 2.24) is 5.32 Å². The van der Waals surface area contributed by atoms with E-state index in [1.165, 1.54) is 0 Å². The Morgan fingerprint density at radius 1 is 1.34 bits per heavy atom. The maximum atomic E-state index is 11.4. The van der Waals surface area contributed by atoms with Crippen LogP contribution in [-0.2, 0) is 38.4 Å². The number of ether oxygens (including phenoxy) is 2. The number of hydrogen-bond donors (Lipinski definition) is 5. The SMILES string of the molecule is CC(=O)NC(C=O)C(OC1OC(C(=O)[O-])=CC(O)C1OS(=O)(=O)[O-])C(O)C(O)CO.[Na+].[Na+]. The Labute approximate surface area is 226 Å². The number of rotatable bonds is 11. The summed E-state index contributed by atoms with van der Waals surface area (Å²) in [5, 5.41) is 51.8. The van der Waals surface area contributed by atoms with Gasteiger partial charge in [-0.25, -0.2) is 8.42 Å². The van der Waals surface area contributed by atoms with Crippen LogP contribution in [0.15, 0.2) is 11.8 Å². The van der Waals surface area contributed by atoms with E-state index < -0.39 is 77.5 Å². The second-order valence-corrected chi connectivity index (χ2v) is 6.98. The zero-order valence-electron chi connectivity index (χ0n) is 17.2. The molecular weight excluding hydrogens is 484 g/mol. The average Bonchev–Trinajstić information content (AvgIpc) is 2.64. The van der Waals surface area contributed by atoms with Crippen LogP contribution in [0, 0.1) is 0 Å². The van der Waals surface area contributed by atoms with Crippen molar-refractivity contribution in [3.05, 3.63) is 11.8 Å². The third-order valence-corrected chi connectivity index (χ3v) is 4.14. The molecule has 1 amide bonds. The first kappa shape index (κ1) is 34.0. The van der Waals surface area contributed by atoms with Gasteiger partial charge in [0, 0.05) is 6.92 Å². The third-order valence-electron chi connectivity index (χ3n) is 3.68. The van der Waals surface area contributed by atoms with E-state index in [9.17, 15) is 47.8 Å². The zero-order chi connectivity index (χ0) is 23.2. The molecular formula is C14H19NNa2O14S. The molecule has 0 aliphatic carbocycles. The summed E-state index contributed by atoms with van der Waals surface area (Å²) in [6.45, 7) is -0.0873. The number of aliphatic hydroxyl groups excluding tert-OH is 4. The van der Waals surface area contributed by atoms with Crippen LogP contribution in [0.3, 0.4) is 0 Å². The van der Waals surface area contributed by atoms with Crippen molar-refractivity contribution in [3.8, 4) is 0 Å². The zero-order valence-corrected chi connectivity index (χ0v) is 22.0. The number of carbonyl (C=O) groups excluding carboxylic acids is 3. The minimum absolute atomic E-state index is 0. The van der Waals surface area contributed by atoms with Gasteiger partial charge in [-0.1, -0.05) is 0 Å². The summed E-state index contributed by atoms with van der Waals surface area (Å²) in [7, 11) is -5.50. The molecule has 0 aromatic carbocycles. The summed E-state index contributed by atoms with van der Waals surface area (Å²) in [6.07, 6.45) is -12.2. The molecule has 0 spiro atoms. The van der Waals surface area contributed by atoms with E-state index in [1.807, 2.05) is 5.32 Å². The number of carboxylic acids is 1. The first-order valence-corrected chi connectivity index (χ1v) is 9.40. The number of hydrogen-bond acceptors (Lipinski definition) is 14. The summed E-state index contributed by atoms with van der Waals surface area (Å²) in [6, 6.07) is -1.75. The fourth-order valence-corrected chi connectivity index (χ4v) is 2.87. The molecule has 15 nitrogen and oxygen atoms in total. The summed E-state index contributed by atoms with van der Waals surface area (Å²) in [5.41, 5.74) is 0. The van der Waals surface area contributed by atoms with E-state index in [0.29, 0.717) is 6.08 Å². The van der Waals surface area contributed by atoms with E-state index in [1.54, 1.807) is 0 Å². The Morgan fingerprint density at radius 3 is 2.31 bits per heavy atom. The Morgan fingerprint density at radius 2 is 1.91 bits per heavy atom. The second kappa shape index (κ2) is 14.9. The Balaban J connectivity index is 0. The van der Waals surface area contributed by atoms with E-state index in [-0.39, 0.29) is 65.4 Å². The van der Waals surface area contributed by atoms with Crippen molar-refractivity contribution in [2.75, 3.05) is 6.61 Å². The van der Waals surface area contributed by atoms with E-state index in [4.69, 9.17) is 14.6 Å². The predicted octanol–water partition coefficient (Wildman–Crippen LogP) is -12.0. The molecule has 7 unspecified atom stereocenters. The van der Waals surface area contributed by atoms with Gasteiger partial charge in [0.1, 0.15) is 48.5 Å². The van der Waals surface area contributed by atoms with Gasteiger partial charge in [0.2, 0.25) is 22.6 Å². The molecule has 18 heteroatoms. The Bertz CT molecular complexity index is 777. The predicted molar refractivity (Wildman–Crippen MR) is 86.2 cm³/mol. The number of amides is 1. The smallest absolute Gasteiger partial charge is 0.726 e. The topological polar surface area (TPSA) is 252 Å². The van der Waals surface area contributed by atoms with Gasteiger partial charge in [-0.2, -0.15) is 0 Å². The van der Waals surface area contributed by atoms with Gasteiger partial charge in [-0.05, 0) is 6.08 Å². The maximum absolute atomic E-state index is 11.4. The van der Waals surface area contributed by atoms with Crippen LogP contribution < -0.4 is 69.5 Å². The van der Waals surface area contributed by atoms with Gasteiger partial charge in [-0.15, -0.1) is 0 Å². The number of aldehydes is 1. The quantitative estimate of drug-likeness (QED) is 0.0760. The van der Waals surface area contributed by atoms with Gasteiger partial charge in [0.15, 0.2) is 6.10 Å². The third kappa shape index (κ3) is 10.4. The molecule has 1 heterocycles. The minimum atomic E-state index is -5.50.